The highest BCUT2D eigenvalue weighted by Crippen LogP contribution is 2.13. The smallest absolute Gasteiger partial charge is 0.317 e. The monoisotopic (exact) mass is 366 g/mol. The van der Waals surface area contributed by atoms with Crippen LogP contribution in [0.5, 0.6) is 0 Å². The van der Waals surface area contributed by atoms with Crippen molar-refractivity contribution in [3.63, 3.8) is 0 Å². The lowest BCUT2D eigenvalue weighted by Gasteiger charge is -2.20. The number of rotatable bonds is 5. The van der Waals surface area contributed by atoms with Gasteiger partial charge in [0.15, 0.2) is 0 Å². The fourth-order valence-electron chi connectivity index (χ4n) is 3.06. The minimum atomic E-state index is -0.159. The lowest BCUT2D eigenvalue weighted by atomic mass is 10.2. The molecule has 4 rings (SSSR count). The molecule has 0 fully saturated rings. The van der Waals surface area contributed by atoms with Crippen LogP contribution in [0.1, 0.15) is 17.0 Å². The number of nitrogens with zero attached hydrogens (tertiary/aromatic N) is 6. The number of carbonyl (C=O) groups excluding carboxylic acids is 1. The predicted molar refractivity (Wildman–Crippen MR) is 99.0 cm³/mol. The molecule has 9 nitrogen and oxygen atoms in total. The van der Waals surface area contributed by atoms with Crippen molar-refractivity contribution in [1.82, 2.24) is 40.3 Å². The number of nitrogens with one attached hydrogen (secondary N) is 2. The summed E-state index contributed by atoms with van der Waals surface area (Å²) in [5.74, 6) is 0. The molecule has 0 saturated carbocycles. The molecule has 27 heavy (non-hydrogen) atoms. The largest absolute Gasteiger partial charge is 0.332 e. The van der Waals surface area contributed by atoms with Crippen LogP contribution in [0, 0.1) is 0 Å². The van der Waals surface area contributed by atoms with Crippen molar-refractivity contribution in [3.8, 4) is 5.69 Å². The SMILES string of the molecule is CN(Cc1cnn2c1CNCC2)C(=O)NCc1cnn(-c2ccccc2)n1. The Morgan fingerprint density at radius 2 is 2.11 bits per heavy atom. The van der Waals surface area contributed by atoms with Crippen molar-refractivity contribution >= 4 is 6.03 Å². The van der Waals surface area contributed by atoms with Gasteiger partial charge in [0.25, 0.3) is 0 Å². The molecular weight excluding hydrogens is 344 g/mol. The number of hydrogen-bond donors (Lipinski definition) is 2. The van der Waals surface area contributed by atoms with Crippen molar-refractivity contribution in [3.05, 3.63) is 59.7 Å². The van der Waals surface area contributed by atoms with Crippen molar-refractivity contribution in [1.29, 1.82) is 0 Å². The highest BCUT2D eigenvalue weighted by Gasteiger charge is 2.17. The van der Waals surface area contributed by atoms with Crippen LogP contribution in [0.25, 0.3) is 5.69 Å². The second-order valence-electron chi connectivity index (χ2n) is 6.49. The molecule has 140 valence electrons. The number of urea groups is 1. The molecule has 0 bridgehead atoms. The first-order valence-corrected chi connectivity index (χ1v) is 8.90. The normalized spacial score (nSPS) is 13.2. The molecule has 2 aromatic heterocycles. The zero-order valence-electron chi connectivity index (χ0n) is 15.2. The molecule has 1 aromatic carbocycles. The Bertz CT molecular complexity index is 917. The Hall–Kier alpha value is -3.20. The van der Waals surface area contributed by atoms with E-state index in [1.165, 1.54) is 0 Å². The van der Waals surface area contributed by atoms with Gasteiger partial charge >= 0.3 is 6.03 Å². The second-order valence-corrected chi connectivity index (χ2v) is 6.49. The zero-order valence-corrected chi connectivity index (χ0v) is 15.2. The summed E-state index contributed by atoms with van der Waals surface area (Å²) in [6.07, 6.45) is 3.50. The summed E-state index contributed by atoms with van der Waals surface area (Å²) in [6, 6.07) is 9.50. The lowest BCUT2D eigenvalue weighted by molar-refractivity contribution is 0.206. The summed E-state index contributed by atoms with van der Waals surface area (Å²) in [5.41, 5.74) is 3.79. The van der Waals surface area contributed by atoms with Crippen molar-refractivity contribution in [2.24, 2.45) is 0 Å². The van der Waals surface area contributed by atoms with Crippen LogP contribution in [-0.4, -0.2) is 49.3 Å². The minimum Gasteiger partial charge on any atom is -0.332 e. The van der Waals surface area contributed by atoms with E-state index in [2.05, 4.69) is 25.9 Å². The molecule has 9 heteroatoms. The van der Waals surface area contributed by atoms with E-state index in [1.54, 1.807) is 22.9 Å². The zero-order chi connectivity index (χ0) is 18.6. The van der Waals surface area contributed by atoms with Gasteiger partial charge < -0.3 is 15.5 Å². The molecule has 3 heterocycles. The molecule has 0 radical (unpaired) electrons. The maximum absolute atomic E-state index is 12.4. The van der Waals surface area contributed by atoms with E-state index in [-0.39, 0.29) is 6.03 Å². The van der Waals surface area contributed by atoms with Gasteiger partial charge in [-0.05, 0) is 12.1 Å². The maximum atomic E-state index is 12.4. The summed E-state index contributed by atoms with van der Waals surface area (Å²) in [5, 5.41) is 19.2. The van der Waals surface area contributed by atoms with Gasteiger partial charge in [0.2, 0.25) is 0 Å². The molecule has 1 aliphatic heterocycles. The quantitative estimate of drug-likeness (QED) is 0.700. The van der Waals surface area contributed by atoms with E-state index < -0.39 is 0 Å². The number of carbonyl (C=O) groups is 1. The maximum Gasteiger partial charge on any atom is 0.317 e. The first kappa shape index (κ1) is 17.2. The molecule has 2 amide bonds. The average Bonchev–Trinajstić information content (AvgIpc) is 3.34. The Labute approximate surface area is 157 Å². The van der Waals surface area contributed by atoms with Gasteiger partial charge in [-0.15, -0.1) is 0 Å². The van der Waals surface area contributed by atoms with Crippen LogP contribution in [0.15, 0.2) is 42.7 Å². The second kappa shape index (κ2) is 7.58. The molecule has 2 N–H and O–H groups in total. The highest BCUT2D eigenvalue weighted by molar-refractivity contribution is 5.73. The van der Waals surface area contributed by atoms with Crippen molar-refractivity contribution in [2.75, 3.05) is 13.6 Å². The van der Waals surface area contributed by atoms with E-state index in [9.17, 15) is 4.79 Å². The summed E-state index contributed by atoms with van der Waals surface area (Å²) < 4.78 is 2.00. The number of fused-ring (bicyclic) bond motifs is 1. The van der Waals surface area contributed by atoms with Gasteiger partial charge in [0, 0.05) is 25.7 Å². The van der Waals surface area contributed by atoms with Crippen LogP contribution in [-0.2, 0) is 26.2 Å². The van der Waals surface area contributed by atoms with Gasteiger partial charge in [-0.2, -0.15) is 20.1 Å². The van der Waals surface area contributed by atoms with Crippen molar-refractivity contribution in [2.45, 2.75) is 26.2 Å². The van der Waals surface area contributed by atoms with Crippen LogP contribution >= 0.6 is 0 Å². The summed E-state index contributed by atoms with van der Waals surface area (Å²) in [7, 11) is 1.77. The molecule has 0 aliphatic carbocycles. The number of para-hydroxylation sites is 1. The highest BCUT2D eigenvalue weighted by atomic mass is 16.2. The topological polar surface area (TPSA) is 92.9 Å². The Morgan fingerprint density at radius 1 is 1.26 bits per heavy atom. The fourth-order valence-corrected chi connectivity index (χ4v) is 3.06. The first-order chi connectivity index (χ1) is 13.2. The lowest BCUT2D eigenvalue weighted by Crippen LogP contribution is -2.37. The number of hydrogen-bond acceptors (Lipinski definition) is 5. The Morgan fingerprint density at radius 3 is 2.96 bits per heavy atom. The summed E-state index contributed by atoms with van der Waals surface area (Å²) in [4.78, 5) is 15.6. The summed E-state index contributed by atoms with van der Waals surface area (Å²) in [6.45, 7) is 3.41. The van der Waals surface area contributed by atoms with Gasteiger partial charge in [-0.25, -0.2) is 4.79 Å². The van der Waals surface area contributed by atoms with Gasteiger partial charge in [0.1, 0.15) is 5.69 Å². The first-order valence-electron chi connectivity index (χ1n) is 8.90. The van der Waals surface area contributed by atoms with Gasteiger partial charge in [-0.3, -0.25) is 4.68 Å². The van der Waals surface area contributed by atoms with E-state index in [1.807, 2.05) is 41.2 Å². The summed E-state index contributed by atoms with van der Waals surface area (Å²) >= 11 is 0. The van der Waals surface area contributed by atoms with E-state index in [0.29, 0.717) is 18.8 Å². The van der Waals surface area contributed by atoms with E-state index in [4.69, 9.17) is 0 Å². The third-order valence-corrected chi connectivity index (χ3v) is 4.53. The van der Waals surface area contributed by atoms with E-state index >= 15 is 0 Å². The predicted octanol–water partition coefficient (Wildman–Crippen LogP) is 0.909. The number of amides is 2. The van der Waals surface area contributed by atoms with Crippen LogP contribution in [0.3, 0.4) is 0 Å². The van der Waals surface area contributed by atoms with Crippen LogP contribution < -0.4 is 10.6 Å². The molecule has 1 aliphatic rings. The Balaban J connectivity index is 1.33. The molecule has 0 unspecified atom stereocenters. The van der Waals surface area contributed by atoms with Crippen LogP contribution in [0.2, 0.25) is 0 Å². The van der Waals surface area contributed by atoms with Crippen LogP contribution in [0.4, 0.5) is 4.79 Å². The molecule has 0 saturated heterocycles. The standard InChI is InChI=1S/C18H22N8O/c1-24(13-14-9-21-25-8-7-19-12-17(14)25)18(27)20-10-15-11-22-26(23-15)16-5-3-2-4-6-16/h2-6,9,11,19H,7-8,10,12-13H2,1H3,(H,20,27). The van der Waals surface area contributed by atoms with Crippen molar-refractivity contribution < 1.29 is 4.79 Å². The molecule has 3 aromatic rings. The average molecular weight is 366 g/mol. The minimum absolute atomic E-state index is 0.159. The van der Waals surface area contributed by atoms with Gasteiger partial charge in [-0.1, -0.05) is 18.2 Å². The fraction of sp³-hybridized carbons (Fsp3) is 0.333. The third kappa shape index (κ3) is 3.82. The Kier molecular flexibility index (Phi) is 4.84. The number of aromatic nitrogens is 5. The molecular formula is C18H22N8O. The van der Waals surface area contributed by atoms with E-state index in [0.717, 1.165) is 36.6 Å². The van der Waals surface area contributed by atoms with Gasteiger partial charge in [0.05, 0.1) is 43.4 Å². The molecule has 0 atom stereocenters. The third-order valence-electron chi connectivity index (χ3n) is 4.53. The number of benzene rings is 1. The molecule has 0 spiro atoms.